The van der Waals surface area contributed by atoms with Crippen LogP contribution in [-0.4, -0.2) is 16.9 Å². The second-order valence-corrected chi connectivity index (χ2v) is 4.23. The molecular weight excluding hydrogens is 214 g/mol. The average molecular weight is 227 g/mol. The number of rotatable bonds is 2. The highest BCUT2D eigenvalue weighted by atomic mass is 16.1. The van der Waals surface area contributed by atoms with E-state index in [1.807, 2.05) is 13.8 Å². The normalized spacial score (nSPS) is 10.5. The van der Waals surface area contributed by atoms with Crippen LogP contribution in [-0.2, 0) is 0 Å². The lowest BCUT2D eigenvalue weighted by atomic mass is 10.2. The molecule has 0 saturated carbocycles. The summed E-state index contributed by atoms with van der Waals surface area (Å²) in [5.41, 5.74) is 1.97. The maximum atomic E-state index is 11.8. The molecule has 2 rings (SSSR count). The lowest BCUT2D eigenvalue weighted by Crippen LogP contribution is -2.30. The Balaban J connectivity index is 2.38. The van der Waals surface area contributed by atoms with Gasteiger partial charge in [-0.1, -0.05) is 0 Å². The molecule has 1 amide bonds. The van der Waals surface area contributed by atoms with E-state index in [4.69, 9.17) is 5.26 Å². The number of hydrogen-bond donors (Lipinski definition) is 2. The van der Waals surface area contributed by atoms with Gasteiger partial charge in [0.05, 0.1) is 11.6 Å². The molecule has 4 nitrogen and oxygen atoms in total. The Hall–Kier alpha value is -2.28. The van der Waals surface area contributed by atoms with Crippen molar-refractivity contribution in [1.82, 2.24) is 10.3 Å². The van der Waals surface area contributed by atoms with E-state index in [2.05, 4.69) is 16.4 Å². The van der Waals surface area contributed by atoms with Crippen LogP contribution in [0.1, 0.15) is 29.9 Å². The van der Waals surface area contributed by atoms with Crippen LogP contribution >= 0.6 is 0 Å². The summed E-state index contributed by atoms with van der Waals surface area (Å²) in [5, 5.41) is 12.5. The molecule has 0 aliphatic rings. The number of nitriles is 1. The lowest BCUT2D eigenvalue weighted by Gasteiger charge is -2.05. The highest BCUT2D eigenvalue weighted by Crippen LogP contribution is 2.17. The third-order valence-electron chi connectivity index (χ3n) is 2.41. The second-order valence-electron chi connectivity index (χ2n) is 4.23. The molecule has 0 unspecified atom stereocenters. The van der Waals surface area contributed by atoms with Gasteiger partial charge in [-0.05, 0) is 38.1 Å². The first-order valence-corrected chi connectivity index (χ1v) is 5.44. The molecule has 0 atom stereocenters. The molecule has 0 spiro atoms. The lowest BCUT2D eigenvalue weighted by molar-refractivity contribution is 0.0939. The van der Waals surface area contributed by atoms with Gasteiger partial charge in [-0.3, -0.25) is 4.79 Å². The minimum atomic E-state index is -0.130. The highest BCUT2D eigenvalue weighted by Gasteiger charge is 2.10. The highest BCUT2D eigenvalue weighted by molar-refractivity contribution is 5.98. The summed E-state index contributed by atoms with van der Waals surface area (Å²) in [7, 11) is 0. The fourth-order valence-corrected chi connectivity index (χ4v) is 1.66. The topological polar surface area (TPSA) is 68.7 Å². The zero-order chi connectivity index (χ0) is 12.4. The van der Waals surface area contributed by atoms with E-state index in [9.17, 15) is 4.79 Å². The zero-order valence-electron chi connectivity index (χ0n) is 9.74. The van der Waals surface area contributed by atoms with Crippen LogP contribution in [0.2, 0.25) is 0 Å². The van der Waals surface area contributed by atoms with Crippen molar-refractivity contribution >= 4 is 16.8 Å². The van der Waals surface area contributed by atoms with Gasteiger partial charge in [0, 0.05) is 16.9 Å². The standard InChI is InChI=1S/C13H13N3O/c1-8(2)15-13(17)12-6-10-5-9(7-14)3-4-11(10)16-12/h3-6,8,16H,1-2H3,(H,15,17). The summed E-state index contributed by atoms with van der Waals surface area (Å²) in [5.74, 6) is -0.130. The molecule has 0 fully saturated rings. The van der Waals surface area contributed by atoms with Crippen molar-refractivity contribution < 1.29 is 4.79 Å². The van der Waals surface area contributed by atoms with Gasteiger partial charge in [0.25, 0.3) is 5.91 Å². The third kappa shape index (κ3) is 2.28. The Morgan fingerprint density at radius 2 is 2.18 bits per heavy atom. The smallest absolute Gasteiger partial charge is 0.267 e. The first-order valence-electron chi connectivity index (χ1n) is 5.44. The summed E-state index contributed by atoms with van der Waals surface area (Å²) in [4.78, 5) is 14.8. The van der Waals surface area contributed by atoms with Crippen molar-refractivity contribution in [3.05, 3.63) is 35.5 Å². The Morgan fingerprint density at radius 1 is 1.41 bits per heavy atom. The van der Waals surface area contributed by atoms with Crippen LogP contribution in [0.25, 0.3) is 10.9 Å². The first kappa shape index (κ1) is 11.2. The van der Waals surface area contributed by atoms with E-state index >= 15 is 0 Å². The third-order valence-corrected chi connectivity index (χ3v) is 2.41. The van der Waals surface area contributed by atoms with Crippen molar-refractivity contribution in [3.8, 4) is 6.07 Å². The fourth-order valence-electron chi connectivity index (χ4n) is 1.66. The van der Waals surface area contributed by atoms with Crippen molar-refractivity contribution in [2.45, 2.75) is 19.9 Å². The van der Waals surface area contributed by atoms with Crippen molar-refractivity contribution in [2.24, 2.45) is 0 Å². The molecule has 17 heavy (non-hydrogen) atoms. The second kappa shape index (κ2) is 4.30. The number of hydrogen-bond acceptors (Lipinski definition) is 2. The van der Waals surface area contributed by atoms with E-state index < -0.39 is 0 Å². The van der Waals surface area contributed by atoms with Gasteiger partial charge >= 0.3 is 0 Å². The van der Waals surface area contributed by atoms with E-state index in [0.29, 0.717) is 11.3 Å². The van der Waals surface area contributed by atoms with Gasteiger partial charge in [0.15, 0.2) is 0 Å². The Bertz CT molecular complexity index is 605. The summed E-state index contributed by atoms with van der Waals surface area (Å²) in [6.07, 6.45) is 0. The Kier molecular flexibility index (Phi) is 2.84. The van der Waals surface area contributed by atoms with E-state index in [-0.39, 0.29) is 11.9 Å². The molecule has 0 aliphatic carbocycles. The maximum absolute atomic E-state index is 11.8. The fraction of sp³-hybridized carbons (Fsp3) is 0.231. The quantitative estimate of drug-likeness (QED) is 0.825. The van der Waals surface area contributed by atoms with Crippen LogP contribution < -0.4 is 5.32 Å². The minimum Gasteiger partial charge on any atom is -0.351 e. The number of benzene rings is 1. The van der Waals surface area contributed by atoms with Crippen molar-refractivity contribution in [2.75, 3.05) is 0 Å². The van der Waals surface area contributed by atoms with Crippen molar-refractivity contribution in [1.29, 1.82) is 5.26 Å². The van der Waals surface area contributed by atoms with E-state index in [1.165, 1.54) is 0 Å². The SMILES string of the molecule is CC(C)NC(=O)c1cc2cc(C#N)ccc2[nH]1. The van der Waals surface area contributed by atoms with Gasteiger partial charge in [-0.25, -0.2) is 0 Å². The van der Waals surface area contributed by atoms with Gasteiger partial charge in [0.1, 0.15) is 5.69 Å². The predicted molar refractivity (Wildman–Crippen MR) is 65.6 cm³/mol. The number of aromatic nitrogens is 1. The number of carbonyl (C=O) groups is 1. The molecule has 1 aromatic heterocycles. The summed E-state index contributed by atoms with van der Waals surface area (Å²) < 4.78 is 0. The average Bonchev–Trinajstić information content (AvgIpc) is 2.70. The van der Waals surface area contributed by atoms with Crippen LogP contribution in [0.4, 0.5) is 0 Å². The van der Waals surface area contributed by atoms with Gasteiger partial charge in [-0.2, -0.15) is 5.26 Å². The van der Waals surface area contributed by atoms with E-state index in [0.717, 1.165) is 10.9 Å². The molecule has 4 heteroatoms. The Morgan fingerprint density at radius 3 is 2.82 bits per heavy atom. The molecular formula is C13H13N3O. The molecule has 0 radical (unpaired) electrons. The number of carbonyl (C=O) groups excluding carboxylic acids is 1. The summed E-state index contributed by atoms with van der Waals surface area (Å²) in [6, 6.07) is 9.23. The molecule has 0 bridgehead atoms. The molecule has 2 aromatic rings. The molecule has 0 aliphatic heterocycles. The van der Waals surface area contributed by atoms with Gasteiger partial charge < -0.3 is 10.3 Å². The first-order chi connectivity index (χ1) is 8.10. The van der Waals surface area contributed by atoms with Crippen LogP contribution in [0, 0.1) is 11.3 Å². The zero-order valence-corrected chi connectivity index (χ0v) is 9.74. The molecule has 86 valence electrons. The largest absolute Gasteiger partial charge is 0.351 e. The summed E-state index contributed by atoms with van der Waals surface area (Å²) >= 11 is 0. The summed E-state index contributed by atoms with van der Waals surface area (Å²) in [6.45, 7) is 3.82. The van der Waals surface area contributed by atoms with E-state index in [1.54, 1.807) is 24.3 Å². The van der Waals surface area contributed by atoms with Crippen LogP contribution in [0.5, 0.6) is 0 Å². The number of nitrogens with zero attached hydrogens (tertiary/aromatic N) is 1. The molecule has 1 aromatic carbocycles. The van der Waals surface area contributed by atoms with Crippen LogP contribution in [0.3, 0.4) is 0 Å². The number of H-pyrrole nitrogens is 1. The maximum Gasteiger partial charge on any atom is 0.267 e. The number of amides is 1. The van der Waals surface area contributed by atoms with Crippen molar-refractivity contribution in [3.63, 3.8) is 0 Å². The Labute approximate surface area is 99.3 Å². The predicted octanol–water partition coefficient (Wildman–Crippen LogP) is 2.18. The number of nitrogens with one attached hydrogen (secondary N) is 2. The minimum absolute atomic E-state index is 0.101. The molecule has 2 N–H and O–H groups in total. The number of fused-ring (bicyclic) bond motifs is 1. The molecule has 0 saturated heterocycles. The number of aromatic amines is 1. The monoisotopic (exact) mass is 227 g/mol. The van der Waals surface area contributed by atoms with Gasteiger partial charge in [-0.15, -0.1) is 0 Å². The molecule has 1 heterocycles. The van der Waals surface area contributed by atoms with Crippen LogP contribution in [0.15, 0.2) is 24.3 Å². The van der Waals surface area contributed by atoms with Gasteiger partial charge in [0.2, 0.25) is 0 Å².